The molecule has 0 unspecified atom stereocenters. The number of aryl methyl sites for hydroxylation is 1. The van der Waals surface area contributed by atoms with Gasteiger partial charge in [0.2, 0.25) is 0 Å². The Bertz CT molecular complexity index is 537. The first-order valence-electron chi connectivity index (χ1n) is 8.69. The van der Waals surface area contributed by atoms with Crippen LogP contribution in [0.4, 0.5) is 10.1 Å². The second kappa shape index (κ2) is 8.22. The molecule has 3 saturated heterocycles. The molecule has 2 atom stereocenters. The molecule has 136 valence electrons. The molecule has 1 aromatic carbocycles. The van der Waals surface area contributed by atoms with E-state index in [1.807, 2.05) is 13.0 Å². The third-order valence-corrected chi connectivity index (χ3v) is 5.87. The molecule has 1 aromatic rings. The predicted octanol–water partition coefficient (Wildman–Crippen LogP) is 3.24. The van der Waals surface area contributed by atoms with Crippen LogP contribution in [0.15, 0.2) is 18.2 Å². The molecule has 0 spiro atoms. The molecule has 3 fully saturated rings. The molecule has 3 heterocycles. The van der Waals surface area contributed by atoms with Crippen molar-refractivity contribution in [2.75, 3.05) is 37.6 Å². The van der Waals surface area contributed by atoms with E-state index in [0.29, 0.717) is 0 Å². The maximum Gasteiger partial charge on any atom is 0.123 e. The van der Waals surface area contributed by atoms with E-state index in [1.165, 1.54) is 44.6 Å². The van der Waals surface area contributed by atoms with Crippen molar-refractivity contribution in [1.82, 2.24) is 10.2 Å². The molecule has 0 aliphatic carbocycles. The molecular weight excluding hydrogens is 348 g/mol. The number of hydrogen-bond donors (Lipinski definition) is 1. The van der Waals surface area contributed by atoms with Crippen LogP contribution in [0, 0.1) is 18.7 Å². The van der Waals surface area contributed by atoms with Gasteiger partial charge < -0.3 is 10.2 Å². The van der Waals surface area contributed by atoms with E-state index >= 15 is 0 Å². The largest absolute Gasteiger partial charge is 0.371 e. The maximum absolute atomic E-state index is 13.3. The lowest BCUT2D eigenvalue weighted by molar-refractivity contribution is 0.195. The minimum Gasteiger partial charge on any atom is -0.371 e. The summed E-state index contributed by atoms with van der Waals surface area (Å²) in [5, 5.41) is 3.65. The fourth-order valence-corrected chi connectivity index (χ4v) is 4.63. The molecule has 4 rings (SSSR count). The highest BCUT2D eigenvalue weighted by molar-refractivity contribution is 5.85. The minimum atomic E-state index is -0.132. The Balaban J connectivity index is 0.00000104. The molecule has 0 saturated carbocycles. The van der Waals surface area contributed by atoms with Gasteiger partial charge in [-0.1, -0.05) is 0 Å². The number of benzene rings is 1. The Labute approximate surface area is 156 Å². The SMILES string of the molecule is Cc1cc(F)ccc1N1CCC(N2C[C@@H]3CCN[C@@H]3C2)CC1.Cl.Cl. The van der Waals surface area contributed by atoms with Crippen molar-refractivity contribution in [1.29, 1.82) is 0 Å². The van der Waals surface area contributed by atoms with Crippen molar-refractivity contribution in [2.45, 2.75) is 38.3 Å². The van der Waals surface area contributed by atoms with E-state index in [-0.39, 0.29) is 30.6 Å². The van der Waals surface area contributed by atoms with E-state index in [0.717, 1.165) is 36.7 Å². The number of piperidine rings is 1. The summed E-state index contributed by atoms with van der Waals surface area (Å²) in [7, 11) is 0. The molecule has 3 aliphatic heterocycles. The van der Waals surface area contributed by atoms with Gasteiger partial charge in [-0.05, 0) is 62.4 Å². The smallest absolute Gasteiger partial charge is 0.123 e. The lowest BCUT2D eigenvalue weighted by Gasteiger charge is -2.38. The summed E-state index contributed by atoms with van der Waals surface area (Å²) in [6.45, 7) is 7.94. The van der Waals surface area contributed by atoms with Gasteiger partial charge in [-0.2, -0.15) is 0 Å². The second-order valence-electron chi connectivity index (χ2n) is 7.21. The molecule has 0 amide bonds. The zero-order valence-corrected chi connectivity index (χ0v) is 15.8. The number of hydrogen-bond acceptors (Lipinski definition) is 3. The van der Waals surface area contributed by atoms with Crippen molar-refractivity contribution < 1.29 is 4.39 Å². The molecule has 3 aliphatic rings. The number of rotatable bonds is 2. The zero-order chi connectivity index (χ0) is 15.1. The van der Waals surface area contributed by atoms with Crippen LogP contribution < -0.4 is 10.2 Å². The van der Waals surface area contributed by atoms with Crippen LogP contribution in [0.2, 0.25) is 0 Å². The average molecular weight is 376 g/mol. The summed E-state index contributed by atoms with van der Waals surface area (Å²) in [6, 6.07) is 6.66. The first kappa shape index (κ1) is 19.8. The number of nitrogens with one attached hydrogen (secondary N) is 1. The van der Waals surface area contributed by atoms with Crippen LogP contribution in [0.25, 0.3) is 0 Å². The molecule has 6 heteroatoms. The molecule has 0 aromatic heterocycles. The summed E-state index contributed by atoms with van der Waals surface area (Å²) in [4.78, 5) is 5.15. The highest BCUT2D eigenvalue weighted by Gasteiger charge is 2.39. The van der Waals surface area contributed by atoms with Crippen molar-refractivity contribution in [2.24, 2.45) is 5.92 Å². The molecule has 3 nitrogen and oxygen atoms in total. The summed E-state index contributed by atoms with van der Waals surface area (Å²) < 4.78 is 13.3. The summed E-state index contributed by atoms with van der Waals surface area (Å²) in [6.07, 6.45) is 3.82. The van der Waals surface area contributed by atoms with Crippen molar-refractivity contribution in [3.8, 4) is 0 Å². The van der Waals surface area contributed by atoms with Gasteiger partial charge in [0.05, 0.1) is 0 Å². The van der Waals surface area contributed by atoms with E-state index in [1.54, 1.807) is 12.1 Å². The van der Waals surface area contributed by atoms with Gasteiger partial charge >= 0.3 is 0 Å². The number of halogens is 3. The van der Waals surface area contributed by atoms with Crippen molar-refractivity contribution in [3.63, 3.8) is 0 Å². The van der Waals surface area contributed by atoms with E-state index in [4.69, 9.17) is 0 Å². The fraction of sp³-hybridized carbons (Fsp3) is 0.667. The quantitative estimate of drug-likeness (QED) is 0.855. The first-order chi connectivity index (χ1) is 10.7. The van der Waals surface area contributed by atoms with E-state index in [9.17, 15) is 4.39 Å². The van der Waals surface area contributed by atoms with Crippen molar-refractivity contribution in [3.05, 3.63) is 29.6 Å². The Morgan fingerprint density at radius 3 is 2.50 bits per heavy atom. The maximum atomic E-state index is 13.3. The van der Waals surface area contributed by atoms with Gasteiger partial charge in [0.15, 0.2) is 0 Å². The number of nitrogens with zero attached hydrogens (tertiary/aromatic N) is 2. The van der Waals surface area contributed by atoms with Crippen LogP contribution in [0.5, 0.6) is 0 Å². The minimum absolute atomic E-state index is 0. The van der Waals surface area contributed by atoms with Crippen LogP contribution in [-0.2, 0) is 0 Å². The molecular formula is C18H28Cl2FN3. The van der Waals surface area contributed by atoms with Crippen LogP contribution >= 0.6 is 24.8 Å². The van der Waals surface area contributed by atoms with Gasteiger partial charge in [-0.25, -0.2) is 4.39 Å². The van der Waals surface area contributed by atoms with Gasteiger partial charge in [-0.15, -0.1) is 24.8 Å². The van der Waals surface area contributed by atoms with Gasteiger partial charge in [0.1, 0.15) is 5.82 Å². The van der Waals surface area contributed by atoms with Crippen LogP contribution in [0.3, 0.4) is 0 Å². The highest BCUT2D eigenvalue weighted by atomic mass is 35.5. The van der Waals surface area contributed by atoms with Gasteiger partial charge in [0, 0.05) is 44.0 Å². The monoisotopic (exact) mass is 375 g/mol. The zero-order valence-electron chi connectivity index (χ0n) is 14.2. The fourth-order valence-electron chi connectivity index (χ4n) is 4.63. The Morgan fingerprint density at radius 1 is 1.08 bits per heavy atom. The molecule has 0 bridgehead atoms. The third-order valence-electron chi connectivity index (χ3n) is 5.87. The van der Waals surface area contributed by atoms with Crippen LogP contribution in [0.1, 0.15) is 24.8 Å². The lowest BCUT2D eigenvalue weighted by Crippen LogP contribution is -2.45. The predicted molar refractivity (Wildman–Crippen MR) is 102 cm³/mol. The standard InChI is InChI=1S/C18H26FN3.2ClH/c1-13-10-15(19)2-3-18(13)21-8-5-16(6-9-21)22-11-14-4-7-20-17(14)12-22;;/h2-3,10,14,16-17,20H,4-9,11-12H2,1H3;2*1H/t14-,17+;;/m0../s1. The van der Waals surface area contributed by atoms with E-state index in [2.05, 4.69) is 15.1 Å². The van der Waals surface area contributed by atoms with Crippen molar-refractivity contribution >= 4 is 30.5 Å². The van der Waals surface area contributed by atoms with E-state index < -0.39 is 0 Å². The highest BCUT2D eigenvalue weighted by Crippen LogP contribution is 2.31. The number of fused-ring (bicyclic) bond motifs is 1. The topological polar surface area (TPSA) is 18.5 Å². The van der Waals surface area contributed by atoms with Gasteiger partial charge in [-0.3, -0.25) is 4.90 Å². The molecule has 24 heavy (non-hydrogen) atoms. The third kappa shape index (κ3) is 3.82. The number of likely N-dealkylation sites (tertiary alicyclic amines) is 1. The number of anilines is 1. The summed E-state index contributed by atoms with van der Waals surface area (Å²) in [5.74, 6) is 0.754. The Morgan fingerprint density at radius 2 is 1.83 bits per heavy atom. The average Bonchev–Trinajstić information content (AvgIpc) is 3.09. The van der Waals surface area contributed by atoms with Gasteiger partial charge in [0.25, 0.3) is 0 Å². The molecule has 0 radical (unpaired) electrons. The second-order valence-corrected chi connectivity index (χ2v) is 7.21. The lowest BCUT2D eigenvalue weighted by atomic mass is 10.0. The van der Waals surface area contributed by atoms with Crippen LogP contribution in [-0.4, -0.2) is 49.7 Å². The first-order valence-corrected chi connectivity index (χ1v) is 8.69. The normalized spacial score (nSPS) is 27.5. The molecule has 1 N–H and O–H groups in total. The Kier molecular flexibility index (Phi) is 6.77. The summed E-state index contributed by atoms with van der Waals surface area (Å²) in [5.41, 5.74) is 2.26. The Hall–Kier alpha value is -0.550. The summed E-state index contributed by atoms with van der Waals surface area (Å²) >= 11 is 0.